The summed E-state index contributed by atoms with van der Waals surface area (Å²) >= 11 is 0. The zero-order valence-corrected chi connectivity index (χ0v) is 13.2. The molecule has 2 rings (SSSR count). The van der Waals surface area contributed by atoms with Crippen molar-refractivity contribution in [2.45, 2.75) is 39.2 Å². The molecule has 0 bridgehead atoms. The van der Waals surface area contributed by atoms with E-state index in [0.29, 0.717) is 19.0 Å². The molecule has 1 aliphatic heterocycles. The van der Waals surface area contributed by atoms with Gasteiger partial charge in [0.2, 0.25) is 5.91 Å². The minimum Gasteiger partial charge on any atom is -0.353 e. The van der Waals surface area contributed by atoms with Crippen molar-refractivity contribution in [3.8, 4) is 0 Å². The Morgan fingerprint density at radius 2 is 2.00 bits per heavy atom. The van der Waals surface area contributed by atoms with Crippen molar-refractivity contribution in [3.63, 3.8) is 0 Å². The van der Waals surface area contributed by atoms with Crippen molar-refractivity contribution in [3.05, 3.63) is 34.9 Å². The fourth-order valence-corrected chi connectivity index (χ4v) is 2.86. The minimum absolute atomic E-state index is 0.135. The first-order chi connectivity index (χ1) is 10.1. The summed E-state index contributed by atoms with van der Waals surface area (Å²) in [6, 6.07) is 6.56. The van der Waals surface area contributed by atoms with Gasteiger partial charge in [0.05, 0.1) is 6.42 Å². The van der Waals surface area contributed by atoms with Crippen LogP contribution in [0.15, 0.2) is 18.2 Å². The van der Waals surface area contributed by atoms with Crippen molar-refractivity contribution >= 4 is 5.91 Å². The van der Waals surface area contributed by atoms with Gasteiger partial charge in [0.1, 0.15) is 0 Å². The number of benzene rings is 1. The monoisotopic (exact) mass is 289 g/mol. The predicted molar refractivity (Wildman–Crippen MR) is 86.3 cm³/mol. The molecule has 1 amide bonds. The number of nitrogens with zero attached hydrogens (tertiary/aromatic N) is 1. The lowest BCUT2D eigenvalue weighted by Crippen LogP contribution is -2.46. The second-order valence-electron chi connectivity index (χ2n) is 6.07. The summed E-state index contributed by atoms with van der Waals surface area (Å²) < 4.78 is 0. The third-order valence-electron chi connectivity index (χ3n) is 4.33. The van der Waals surface area contributed by atoms with Gasteiger partial charge in [-0.25, -0.2) is 0 Å². The highest BCUT2D eigenvalue weighted by atomic mass is 16.1. The fourth-order valence-electron chi connectivity index (χ4n) is 2.86. The van der Waals surface area contributed by atoms with Gasteiger partial charge in [-0.2, -0.15) is 0 Å². The number of carbonyl (C=O) groups excluding carboxylic acids is 1. The Hall–Kier alpha value is -1.39. The van der Waals surface area contributed by atoms with E-state index in [0.717, 1.165) is 38.0 Å². The molecule has 1 heterocycles. The first kappa shape index (κ1) is 16.0. The van der Waals surface area contributed by atoms with Gasteiger partial charge in [0, 0.05) is 32.2 Å². The van der Waals surface area contributed by atoms with Crippen LogP contribution in [0, 0.1) is 13.8 Å². The zero-order valence-electron chi connectivity index (χ0n) is 13.2. The molecule has 0 aliphatic carbocycles. The van der Waals surface area contributed by atoms with E-state index in [1.165, 1.54) is 11.1 Å². The lowest BCUT2D eigenvalue weighted by Gasteiger charge is -2.32. The van der Waals surface area contributed by atoms with E-state index in [1.54, 1.807) is 0 Å². The van der Waals surface area contributed by atoms with Crippen LogP contribution in [-0.4, -0.2) is 43.0 Å². The normalized spacial score (nSPS) is 16.9. The molecule has 21 heavy (non-hydrogen) atoms. The number of amides is 1. The van der Waals surface area contributed by atoms with Crippen molar-refractivity contribution in [1.29, 1.82) is 0 Å². The molecule has 116 valence electrons. The number of hydrogen-bond donors (Lipinski definition) is 2. The molecule has 0 saturated carbocycles. The quantitative estimate of drug-likeness (QED) is 0.861. The van der Waals surface area contributed by atoms with E-state index < -0.39 is 0 Å². The summed E-state index contributed by atoms with van der Waals surface area (Å²) in [4.78, 5) is 14.5. The Labute approximate surface area is 127 Å². The first-order valence-electron chi connectivity index (χ1n) is 7.86. The molecule has 1 fully saturated rings. The molecule has 0 atom stereocenters. The van der Waals surface area contributed by atoms with Crippen LogP contribution in [0.3, 0.4) is 0 Å². The zero-order chi connectivity index (χ0) is 15.2. The molecule has 1 aliphatic rings. The van der Waals surface area contributed by atoms with Crippen LogP contribution in [0.2, 0.25) is 0 Å². The van der Waals surface area contributed by atoms with Crippen LogP contribution in [0.25, 0.3) is 0 Å². The molecule has 0 radical (unpaired) electrons. The number of piperidine rings is 1. The van der Waals surface area contributed by atoms with Gasteiger partial charge in [0.25, 0.3) is 0 Å². The maximum absolute atomic E-state index is 12.1. The van der Waals surface area contributed by atoms with E-state index in [4.69, 9.17) is 5.73 Å². The van der Waals surface area contributed by atoms with Gasteiger partial charge >= 0.3 is 0 Å². The van der Waals surface area contributed by atoms with E-state index in [1.807, 2.05) is 6.07 Å². The average Bonchev–Trinajstić information content (AvgIpc) is 2.45. The van der Waals surface area contributed by atoms with Crippen LogP contribution in [0.1, 0.15) is 29.5 Å². The Balaban J connectivity index is 1.78. The van der Waals surface area contributed by atoms with Crippen LogP contribution in [0.5, 0.6) is 0 Å². The summed E-state index contributed by atoms with van der Waals surface area (Å²) in [5.74, 6) is 0.135. The molecule has 0 unspecified atom stereocenters. The summed E-state index contributed by atoms with van der Waals surface area (Å²) in [5, 5.41) is 3.17. The molecule has 1 saturated heterocycles. The molecule has 1 aromatic carbocycles. The largest absolute Gasteiger partial charge is 0.353 e. The van der Waals surface area contributed by atoms with Crippen molar-refractivity contribution in [2.24, 2.45) is 5.73 Å². The van der Waals surface area contributed by atoms with Crippen molar-refractivity contribution < 1.29 is 4.79 Å². The third kappa shape index (κ3) is 4.83. The molecule has 3 N–H and O–H groups in total. The average molecular weight is 289 g/mol. The van der Waals surface area contributed by atoms with Gasteiger partial charge < -0.3 is 16.0 Å². The summed E-state index contributed by atoms with van der Waals surface area (Å²) in [5.41, 5.74) is 9.18. The summed E-state index contributed by atoms with van der Waals surface area (Å²) in [7, 11) is 0. The number of rotatable bonds is 5. The molecule has 1 aromatic rings. The predicted octanol–water partition coefficient (Wildman–Crippen LogP) is 1.39. The SMILES string of the molecule is Cc1ccc(CC(=O)NC2CCN(CCN)CC2)cc1C. The molecular weight excluding hydrogens is 262 g/mol. The minimum atomic E-state index is 0.135. The van der Waals surface area contributed by atoms with E-state index in [9.17, 15) is 4.79 Å². The molecule has 4 nitrogen and oxygen atoms in total. The number of nitrogens with two attached hydrogens (primary N) is 1. The van der Waals surface area contributed by atoms with Gasteiger partial charge in [-0.1, -0.05) is 18.2 Å². The van der Waals surface area contributed by atoms with E-state index in [-0.39, 0.29) is 5.91 Å². The Morgan fingerprint density at radius 3 is 2.62 bits per heavy atom. The topological polar surface area (TPSA) is 58.4 Å². The second-order valence-corrected chi connectivity index (χ2v) is 6.07. The van der Waals surface area contributed by atoms with Gasteiger partial charge in [-0.05, 0) is 43.4 Å². The van der Waals surface area contributed by atoms with E-state index in [2.05, 4.69) is 36.2 Å². The molecule has 0 spiro atoms. The van der Waals surface area contributed by atoms with Crippen LogP contribution >= 0.6 is 0 Å². The summed E-state index contributed by atoms with van der Waals surface area (Å²) in [6.45, 7) is 7.92. The lowest BCUT2D eigenvalue weighted by atomic mass is 10.0. The highest BCUT2D eigenvalue weighted by molar-refractivity contribution is 5.78. The van der Waals surface area contributed by atoms with Gasteiger partial charge in [0.15, 0.2) is 0 Å². The number of likely N-dealkylation sites (tertiary alicyclic amines) is 1. The maximum Gasteiger partial charge on any atom is 0.224 e. The molecule has 0 aromatic heterocycles. The fraction of sp³-hybridized carbons (Fsp3) is 0.588. The standard InChI is InChI=1S/C17H27N3O/c1-13-3-4-15(11-14(13)2)12-17(21)19-16-5-8-20(9-6-16)10-7-18/h3-4,11,16H,5-10,12,18H2,1-2H3,(H,19,21). The number of aryl methyl sites for hydroxylation is 2. The Kier molecular flexibility index (Phi) is 5.76. The van der Waals surface area contributed by atoms with Crippen molar-refractivity contribution in [1.82, 2.24) is 10.2 Å². The summed E-state index contributed by atoms with van der Waals surface area (Å²) in [6.07, 6.45) is 2.53. The highest BCUT2D eigenvalue weighted by Crippen LogP contribution is 2.12. The van der Waals surface area contributed by atoms with Crippen LogP contribution in [0.4, 0.5) is 0 Å². The van der Waals surface area contributed by atoms with Gasteiger partial charge in [-0.15, -0.1) is 0 Å². The molecule has 4 heteroatoms. The first-order valence-corrected chi connectivity index (χ1v) is 7.86. The lowest BCUT2D eigenvalue weighted by molar-refractivity contribution is -0.121. The highest BCUT2D eigenvalue weighted by Gasteiger charge is 2.20. The maximum atomic E-state index is 12.1. The van der Waals surface area contributed by atoms with Crippen molar-refractivity contribution in [2.75, 3.05) is 26.2 Å². The number of nitrogens with one attached hydrogen (secondary N) is 1. The smallest absolute Gasteiger partial charge is 0.224 e. The number of carbonyl (C=O) groups is 1. The van der Waals surface area contributed by atoms with Crippen LogP contribution in [-0.2, 0) is 11.2 Å². The van der Waals surface area contributed by atoms with Crippen LogP contribution < -0.4 is 11.1 Å². The van der Waals surface area contributed by atoms with E-state index >= 15 is 0 Å². The Bertz CT molecular complexity index is 479. The number of hydrogen-bond acceptors (Lipinski definition) is 3. The third-order valence-corrected chi connectivity index (χ3v) is 4.33. The Morgan fingerprint density at radius 1 is 1.29 bits per heavy atom. The molecular formula is C17H27N3O. The van der Waals surface area contributed by atoms with Gasteiger partial charge in [-0.3, -0.25) is 4.79 Å². The second kappa shape index (κ2) is 7.57.